The molecule has 30 heavy (non-hydrogen) atoms. The zero-order chi connectivity index (χ0) is 21.1. The Balaban J connectivity index is 1.49. The predicted molar refractivity (Wildman–Crippen MR) is 119 cm³/mol. The maximum Gasteiger partial charge on any atom is 0.201 e. The van der Waals surface area contributed by atoms with E-state index in [0.29, 0.717) is 18.1 Å². The lowest BCUT2D eigenvalue weighted by atomic mass is 9.85. The number of benzene rings is 2. The summed E-state index contributed by atoms with van der Waals surface area (Å²) >= 11 is 0. The van der Waals surface area contributed by atoms with Crippen LogP contribution in [0.5, 0.6) is 5.75 Å². The van der Waals surface area contributed by atoms with E-state index in [4.69, 9.17) is 4.74 Å². The van der Waals surface area contributed by atoms with Crippen molar-refractivity contribution in [1.82, 2.24) is 0 Å². The highest BCUT2D eigenvalue weighted by atomic mass is 19.2. The first-order valence-corrected chi connectivity index (χ1v) is 11.2. The van der Waals surface area contributed by atoms with Crippen molar-refractivity contribution in [3.63, 3.8) is 0 Å². The molecular formula is C27H30F2O. The van der Waals surface area contributed by atoms with Crippen LogP contribution >= 0.6 is 0 Å². The fraction of sp³-hybridized carbons (Fsp3) is 0.407. The van der Waals surface area contributed by atoms with Gasteiger partial charge in [0, 0.05) is 5.56 Å². The van der Waals surface area contributed by atoms with E-state index in [0.717, 1.165) is 11.8 Å². The Morgan fingerprint density at radius 1 is 1.00 bits per heavy atom. The van der Waals surface area contributed by atoms with E-state index in [-0.39, 0.29) is 11.3 Å². The molecule has 0 saturated heterocycles. The molecule has 3 atom stereocenters. The van der Waals surface area contributed by atoms with Crippen LogP contribution in [0, 0.1) is 29.4 Å². The third-order valence-corrected chi connectivity index (χ3v) is 6.80. The average molecular weight is 409 g/mol. The largest absolute Gasteiger partial charge is 0.491 e. The molecule has 3 heteroatoms. The summed E-state index contributed by atoms with van der Waals surface area (Å²) in [7, 11) is 0. The van der Waals surface area contributed by atoms with Crippen molar-refractivity contribution in [3.8, 4) is 16.9 Å². The summed E-state index contributed by atoms with van der Waals surface area (Å²) in [6.07, 6.45) is 13.0. The molecule has 3 unspecified atom stereocenters. The van der Waals surface area contributed by atoms with Crippen LogP contribution in [0.2, 0.25) is 0 Å². The van der Waals surface area contributed by atoms with Crippen LogP contribution in [-0.4, -0.2) is 6.61 Å². The summed E-state index contributed by atoms with van der Waals surface area (Å²) in [4.78, 5) is 0. The van der Waals surface area contributed by atoms with Crippen molar-refractivity contribution in [2.24, 2.45) is 17.8 Å². The number of rotatable bonds is 7. The van der Waals surface area contributed by atoms with Gasteiger partial charge in [0.2, 0.25) is 5.82 Å². The molecule has 0 spiro atoms. The molecule has 1 saturated carbocycles. The van der Waals surface area contributed by atoms with Gasteiger partial charge < -0.3 is 4.74 Å². The van der Waals surface area contributed by atoms with Crippen molar-refractivity contribution >= 4 is 5.57 Å². The number of halogens is 2. The van der Waals surface area contributed by atoms with Crippen LogP contribution in [0.25, 0.3) is 16.7 Å². The molecule has 1 fully saturated rings. The van der Waals surface area contributed by atoms with Gasteiger partial charge in [0.1, 0.15) is 0 Å². The van der Waals surface area contributed by atoms with Gasteiger partial charge >= 0.3 is 0 Å². The van der Waals surface area contributed by atoms with Gasteiger partial charge in [-0.1, -0.05) is 42.5 Å². The predicted octanol–water partition coefficient (Wildman–Crippen LogP) is 7.82. The van der Waals surface area contributed by atoms with Gasteiger partial charge in [0.05, 0.1) is 6.61 Å². The maximum atomic E-state index is 14.5. The summed E-state index contributed by atoms with van der Waals surface area (Å²) in [6, 6.07) is 11.0. The summed E-state index contributed by atoms with van der Waals surface area (Å²) < 4.78 is 33.9. The molecule has 2 aliphatic rings. The van der Waals surface area contributed by atoms with Crippen LogP contribution in [0.1, 0.15) is 51.5 Å². The van der Waals surface area contributed by atoms with E-state index in [1.165, 1.54) is 49.3 Å². The van der Waals surface area contributed by atoms with E-state index in [2.05, 4.69) is 37.3 Å². The Morgan fingerprint density at radius 3 is 2.50 bits per heavy atom. The monoisotopic (exact) mass is 408 g/mol. The van der Waals surface area contributed by atoms with Crippen LogP contribution in [0.15, 0.2) is 54.6 Å². The molecule has 0 radical (unpaired) electrons. The molecule has 2 aromatic rings. The van der Waals surface area contributed by atoms with E-state index in [1.807, 2.05) is 12.1 Å². The topological polar surface area (TPSA) is 9.23 Å². The summed E-state index contributed by atoms with van der Waals surface area (Å²) in [5.41, 5.74) is 3.61. The quantitative estimate of drug-likeness (QED) is 0.424. The highest BCUT2D eigenvalue weighted by Gasteiger charge is 2.40. The Kier molecular flexibility index (Phi) is 6.36. The van der Waals surface area contributed by atoms with Gasteiger partial charge in [0.15, 0.2) is 11.6 Å². The number of allylic oxidation sites excluding steroid dienone is 4. The van der Waals surface area contributed by atoms with Gasteiger partial charge in [-0.3, -0.25) is 0 Å². The van der Waals surface area contributed by atoms with E-state index < -0.39 is 11.6 Å². The Morgan fingerprint density at radius 2 is 1.77 bits per heavy atom. The molecule has 2 aliphatic carbocycles. The third-order valence-electron chi connectivity index (χ3n) is 6.80. The lowest BCUT2D eigenvalue weighted by molar-refractivity contribution is 0.314. The smallest absolute Gasteiger partial charge is 0.201 e. The molecule has 0 aromatic heterocycles. The maximum absolute atomic E-state index is 14.5. The molecular weight excluding hydrogens is 378 g/mol. The highest BCUT2D eigenvalue weighted by molar-refractivity contribution is 5.73. The van der Waals surface area contributed by atoms with Crippen molar-refractivity contribution in [3.05, 3.63) is 71.8 Å². The van der Waals surface area contributed by atoms with Gasteiger partial charge in [0.25, 0.3) is 0 Å². The average Bonchev–Trinajstić information content (AvgIpc) is 3.35. The van der Waals surface area contributed by atoms with Gasteiger partial charge in [-0.15, -0.1) is 0 Å². The molecule has 0 aliphatic heterocycles. The zero-order valence-electron chi connectivity index (χ0n) is 17.8. The van der Waals surface area contributed by atoms with Crippen LogP contribution in [0.4, 0.5) is 8.78 Å². The molecule has 0 N–H and O–H groups in total. The first-order valence-electron chi connectivity index (χ1n) is 11.2. The summed E-state index contributed by atoms with van der Waals surface area (Å²) in [5.74, 6) is 0.417. The van der Waals surface area contributed by atoms with Gasteiger partial charge in [-0.25, -0.2) is 4.39 Å². The zero-order valence-corrected chi connectivity index (χ0v) is 17.8. The second-order valence-electron chi connectivity index (χ2n) is 8.40. The second kappa shape index (κ2) is 9.16. The highest BCUT2D eigenvalue weighted by Crippen LogP contribution is 2.52. The molecule has 4 rings (SSSR count). The van der Waals surface area contributed by atoms with Crippen LogP contribution < -0.4 is 4.74 Å². The van der Waals surface area contributed by atoms with Crippen LogP contribution in [-0.2, 0) is 0 Å². The number of ether oxygens (including phenoxy) is 1. The fourth-order valence-electron chi connectivity index (χ4n) is 5.34. The SMILES string of the molecule is C/C=C/CCC1CCC2C(c3ccc(-c4ccc(OCC)c(F)c4F)cc3)=CCC12. The summed E-state index contributed by atoms with van der Waals surface area (Å²) in [5, 5.41) is 0. The molecule has 0 amide bonds. The third kappa shape index (κ3) is 3.95. The first-order chi connectivity index (χ1) is 14.6. The Bertz CT molecular complexity index is 942. The Labute approximate surface area is 178 Å². The Hall–Kier alpha value is -2.42. The minimum Gasteiger partial charge on any atom is -0.491 e. The first kappa shape index (κ1) is 20.8. The van der Waals surface area contributed by atoms with E-state index in [1.54, 1.807) is 13.0 Å². The minimum absolute atomic E-state index is 0.0391. The second-order valence-corrected chi connectivity index (χ2v) is 8.40. The lowest BCUT2D eigenvalue weighted by Crippen LogP contribution is -2.11. The van der Waals surface area contributed by atoms with Crippen molar-refractivity contribution in [2.75, 3.05) is 6.61 Å². The normalized spacial score (nSPS) is 23.1. The minimum atomic E-state index is -0.922. The van der Waals surface area contributed by atoms with E-state index >= 15 is 0 Å². The molecule has 0 bridgehead atoms. The van der Waals surface area contributed by atoms with Crippen molar-refractivity contribution < 1.29 is 13.5 Å². The molecule has 0 heterocycles. The lowest BCUT2D eigenvalue weighted by Gasteiger charge is -2.20. The summed E-state index contributed by atoms with van der Waals surface area (Å²) in [6.45, 7) is 4.14. The number of fused-ring (bicyclic) bond motifs is 1. The van der Waals surface area contributed by atoms with E-state index in [9.17, 15) is 8.78 Å². The number of hydrogen-bond donors (Lipinski definition) is 0. The molecule has 2 aromatic carbocycles. The number of hydrogen-bond acceptors (Lipinski definition) is 1. The van der Waals surface area contributed by atoms with Crippen LogP contribution in [0.3, 0.4) is 0 Å². The molecule has 1 nitrogen and oxygen atoms in total. The van der Waals surface area contributed by atoms with Gasteiger partial charge in [-0.2, -0.15) is 4.39 Å². The van der Waals surface area contributed by atoms with Gasteiger partial charge in [-0.05, 0) is 92.5 Å². The van der Waals surface area contributed by atoms with Crippen molar-refractivity contribution in [2.45, 2.75) is 46.0 Å². The fourth-order valence-corrected chi connectivity index (χ4v) is 5.34. The molecule has 158 valence electrons. The van der Waals surface area contributed by atoms with Crippen molar-refractivity contribution in [1.29, 1.82) is 0 Å². The standard InChI is InChI=1S/C27H30F2O/c1-3-5-6-7-18-12-13-24-21(18)14-15-22(24)19-8-10-20(11-9-19)23-16-17-25(30-4-2)27(29)26(23)28/h3,5,8-11,15-18,21,24H,4,6-7,12-14H2,1-2H3/b5-3+.